The molecule has 1 atom stereocenters. The second kappa shape index (κ2) is 8.30. The fourth-order valence-corrected chi connectivity index (χ4v) is 2.56. The first kappa shape index (κ1) is 19.8. The standard InChI is InChI=1S/C12H19N3O4S.ClH/c1-8-4-5-9(6-11(8)20(17,18)14-2)15-12(16)10(13)7-19-3;/h4-6,10,14H,7,13H2,1-3H3,(H,15,16);1H. The summed E-state index contributed by atoms with van der Waals surface area (Å²) >= 11 is 0. The Morgan fingerprint density at radius 3 is 2.57 bits per heavy atom. The van der Waals surface area contributed by atoms with Crippen molar-refractivity contribution in [1.82, 2.24) is 4.72 Å². The lowest BCUT2D eigenvalue weighted by molar-refractivity contribution is -0.118. The van der Waals surface area contributed by atoms with Crippen LogP contribution in [0.5, 0.6) is 0 Å². The number of hydrogen-bond acceptors (Lipinski definition) is 5. The van der Waals surface area contributed by atoms with Gasteiger partial charge in [-0.15, -0.1) is 12.4 Å². The summed E-state index contributed by atoms with van der Waals surface area (Å²) in [6.45, 7) is 1.76. The average Bonchev–Trinajstić information content (AvgIpc) is 2.41. The number of anilines is 1. The number of aryl methyl sites for hydroxylation is 1. The maximum Gasteiger partial charge on any atom is 0.243 e. The minimum absolute atomic E-state index is 0. The third-order valence-corrected chi connectivity index (χ3v) is 4.25. The molecule has 1 aromatic rings. The smallest absolute Gasteiger partial charge is 0.243 e. The lowest BCUT2D eigenvalue weighted by Crippen LogP contribution is -2.39. The van der Waals surface area contributed by atoms with E-state index in [0.717, 1.165) is 0 Å². The van der Waals surface area contributed by atoms with Gasteiger partial charge in [0.1, 0.15) is 6.04 Å². The molecule has 0 bridgehead atoms. The van der Waals surface area contributed by atoms with Gasteiger partial charge in [-0.2, -0.15) is 0 Å². The van der Waals surface area contributed by atoms with Crippen LogP contribution in [0, 0.1) is 6.92 Å². The molecule has 0 aromatic heterocycles. The molecule has 7 nitrogen and oxygen atoms in total. The molecule has 0 aliphatic rings. The van der Waals surface area contributed by atoms with E-state index in [1.807, 2.05) is 0 Å². The van der Waals surface area contributed by atoms with E-state index in [9.17, 15) is 13.2 Å². The number of hydrogen-bond donors (Lipinski definition) is 3. The second-order valence-corrected chi connectivity index (χ2v) is 6.09. The summed E-state index contributed by atoms with van der Waals surface area (Å²) in [4.78, 5) is 11.8. The molecule has 120 valence electrons. The predicted molar refractivity (Wildman–Crippen MR) is 83.2 cm³/mol. The number of ether oxygens (including phenoxy) is 1. The van der Waals surface area contributed by atoms with Crippen LogP contribution in [-0.4, -0.2) is 41.1 Å². The first-order valence-corrected chi connectivity index (χ1v) is 7.39. The number of methoxy groups -OCH3 is 1. The molecule has 1 rings (SSSR count). The third-order valence-electron chi connectivity index (χ3n) is 2.70. The highest BCUT2D eigenvalue weighted by Gasteiger charge is 2.17. The van der Waals surface area contributed by atoms with Crippen LogP contribution in [0.4, 0.5) is 5.69 Å². The number of rotatable bonds is 6. The van der Waals surface area contributed by atoms with Gasteiger partial charge in [-0.05, 0) is 31.7 Å². The summed E-state index contributed by atoms with van der Waals surface area (Å²) in [6.07, 6.45) is 0. The van der Waals surface area contributed by atoms with Crippen molar-refractivity contribution in [3.8, 4) is 0 Å². The van der Waals surface area contributed by atoms with Crippen LogP contribution in [0.25, 0.3) is 0 Å². The number of carbonyl (C=O) groups is 1. The van der Waals surface area contributed by atoms with Gasteiger partial charge in [0.15, 0.2) is 0 Å². The highest BCUT2D eigenvalue weighted by Crippen LogP contribution is 2.19. The molecule has 4 N–H and O–H groups in total. The lowest BCUT2D eigenvalue weighted by atomic mass is 10.2. The molecule has 0 aliphatic heterocycles. The van der Waals surface area contributed by atoms with Crippen LogP contribution >= 0.6 is 12.4 Å². The highest BCUT2D eigenvalue weighted by molar-refractivity contribution is 7.89. The van der Waals surface area contributed by atoms with Crippen molar-refractivity contribution >= 4 is 34.0 Å². The van der Waals surface area contributed by atoms with E-state index in [4.69, 9.17) is 10.5 Å². The van der Waals surface area contributed by atoms with Crippen LogP contribution in [0.1, 0.15) is 5.56 Å². The van der Waals surface area contributed by atoms with Gasteiger partial charge in [0.2, 0.25) is 15.9 Å². The number of benzene rings is 1. The molecule has 0 radical (unpaired) electrons. The molecule has 1 aromatic carbocycles. The van der Waals surface area contributed by atoms with Gasteiger partial charge in [-0.25, -0.2) is 13.1 Å². The summed E-state index contributed by atoms with van der Waals surface area (Å²) in [5.74, 6) is -0.441. The van der Waals surface area contributed by atoms with Crippen LogP contribution in [0.2, 0.25) is 0 Å². The topological polar surface area (TPSA) is 111 Å². The molecule has 0 saturated heterocycles. The van der Waals surface area contributed by atoms with Crippen LogP contribution < -0.4 is 15.8 Å². The molecular weight excluding hydrogens is 318 g/mol. The molecular formula is C12H20ClN3O4S. The molecule has 0 fully saturated rings. The zero-order valence-corrected chi connectivity index (χ0v) is 13.7. The summed E-state index contributed by atoms with van der Waals surface area (Å²) < 4.78 is 30.7. The number of nitrogens with two attached hydrogens (primary N) is 1. The van der Waals surface area contributed by atoms with Gasteiger partial charge in [0, 0.05) is 12.8 Å². The second-order valence-electron chi connectivity index (χ2n) is 4.24. The Labute approximate surface area is 130 Å². The van der Waals surface area contributed by atoms with Gasteiger partial charge < -0.3 is 15.8 Å². The van der Waals surface area contributed by atoms with Crippen molar-refractivity contribution in [2.24, 2.45) is 5.73 Å². The fourth-order valence-electron chi connectivity index (χ4n) is 1.57. The highest BCUT2D eigenvalue weighted by atomic mass is 35.5. The molecule has 1 amide bonds. The quantitative estimate of drug-likeness (QED) is 0.688. The number of carbonyl (C=O) groups excluding carboxylic acids is 1. The minimum Gasteiger partial charge on any atom is -0.383 e. The number of sulfonamides is 1. The van der Waals surface area contributed by atoms with Crippen molar-refractivity contribution in [2.45, 2.75) is 17.9 Å². The van der Waals surface area contributed by atoms with E-state index >= 15 is 0 Å². The Kier molecular flexibility index (Phi) is 7.83. The molecule has 0 saturated carbocycles. The monoisotopic (exact) mass is 337 g/mol. The Bertz CT molecular complexity index is 592. The van der Waals surface area contributed by atoms with E-state index in [1.54, 1.807) is 19.1 Å². The Morgan fingerprint density at radius 2 is 2.05 bits per heavy atom. The number of amides is 1. The summed E-state index contributed by atoms with van der Waals surface area (Å²) in [5.41, 5.74) is 6.53. The van der Waals surface area contributed by atoms with Gasteiger partial charge in [0.25, 0.3) is 0 Å². The molecule has 21 heavy (non-hydrogen) atoms. The number of nitrogens with one attached hydrogen (secondary N) is 2. The first-order valence-electron chi connectivity index (χ1n) is 5.91. The van der Waals surface area contributed by atoms with Crippen molar-refractivity contribution in [1.29, 1.82) is 0 Å². The van der Waals surface area contributed by atoms with Crippen LogP contribution in [-0.2, 0) is 19.6 Å². The van der Waals surface area contributed by atoms with E-state index < -0.39 is 22.0 Å². The van der Waals surface area contributed by atoms with Gasteiger partial charge in [-0.3, -0.25) is 4.79 Å². The zero-order valence-electron chi connectivity index (χ0n) is 12.0. The van der Waals surface area contributed by atoms with Crippen LogP contribution in [0.3, 0.4) is 0 Å². The molecule has 0 spiro atoms. The zero-order chi connectivity index (χ0) is 15.3. The van der Waals surface area contributed by atoms with Crippen molar-refractivity contribution in [3.05, 3.63) is 23.8 Å². The Morgan fingerprint density at radius 1 is 1.43 bits per heavy atom. The largest absolute Gasteiger partial charge is 0.383 e. The summed E-state index contributed by atoms with van der Waals surface area (Å²) in [6, 6.07) is 3.80. The number of halogens is 1. The van der Waals surface area contributed by atoms with Crippen LogP contribution in [0.15, 0.2) is 23.1 Å². The van der Waals surface area contributed by atoms with Crippen molar-refractivity contribution < 1.29 is 17.9 Å². The first-order chi connectivity index (χ1) is 9.31. The molecule has 9 heteroatoms. The maximum absolute atomic E-state index is 11.8. The van der Waals surface area contributed by atoms with Crippen molar-refractivity contribution in [3.63, 3.8) is 0 Å². The van der Waals surface area contributed by atoms with Gasteiger partial charge in [0.05, 0.1) is 11.5 Å². The summed E-state index contributed by atoms with van der Waals surface area (Å²) in [7, 11) is -0.806. The molecule has 0 aliphatic carbocycles. The summed E-state index contributed by atoms with van der Waals surface area (Å²) in [5, 5.41) is 2.55. The minimum atomic E-state index is -3.57. The molecule has 0 heterocycles. The third kappa shape index (κ3) is 5.25. The van der Waals surface area contributed by atoms with Gasteiger partial charge >= 0.3 is 0 Å². The van der Waals surface area contributed by atoms with Crippen molar-refractivity contribution in [2.75, 3.05) is 26.1 Å². The Balaban J connectivity index is 0.00000400. The van der Waals surface area contributed by atoms with E-state index in [2.05, 4.69) is 10.0 Å². The van der Waals surface area contributed by atoms with Gasteiger partial charge in [-0.1, -0.05) is 6.07 Å². The van der Waals surface area contributed by atoms with E-state index in [1.165, 1.54) is 20.2 Å². The predicted octanol–water partition coefficient (Wildman–Crippen LogP) is 0.237. The fraction of sp³-hybridized carbons (Fsp3) is 0.417. The SMILES string of the molecule is CNS(=O)(=O)c1cc(NC(=O)C(N)COC)ccc1C.Cl. The molecule has 1 unspecified atom stereocenters. The maximum atomic E-state index is 11.8. The average molecular weight is 338 g/mol. The lowest BCUT2D eigenvalue weighted by Gasteiger charge is -2.13. The Hall–Kier alpha value is -1.19. The normalized spacial score (nSPS) is 12.4. The van der Waals surface area contributed by atoms with E-state index in [-0.39, 0.29) is 23.9 Å². The van der Waals surface area contributed by atoms with E-state index in [0.29, 0.717) is 11.3 Å².